The van der Waals surface area contributed by atoms with Crippen LogP contribution in [0.2, 0.25) is 5.02 Å². The highest BCUT2D eigenvalue weighted by Crippen LogP contribution is 2.27. The fraction of sp³-hybridized carbons (Fsp3) is 0.182. The molecule has 0 spiro atoms. The van der Waals surface area contributed by atoms with Crippen LogP contribution in [0.15, 0.2) is 28.9 Å². The molecule has 1 aromatic heterocycles. The van der Waals surface area contributed by atoms with Gasteiger partial charge in [0.25, 0.3) is 0 Å². The molecule has 0 saturated carbocycles. The fourth-order valence-corrected chi connectivity index (χ4v) is 1.69. The zero-order valence-corrected chi connectivity index (χ0v) is 8.58. The molecule has 1 radical (unpaired) electrons. The highest BCUT2D eigenvalue weighted by molar-refractivity contribution is 6.34. The van der Waals surface area contributed by atoms with Gasteiger partial charge < -0.3 is 9.15 Å². The van der Waals surface area contributed by atoms with Gasteiger partial charge in [-0.25, -0.2) is 4.79 Å². The molecule has 3 nitrogen and oxygen atoms in total. The monoisotopic (exact) mass is 223 g/mol. The number of ether oxygens (including phenoxy) is 1. The van der Waals surface area contributed by atoms with Gasteiger partial charge in [0.1, 0.15) is 0 Å². The first kappa shape index (κ1) is 10.1. The van der Waals surface area contributed by atoms with E-state index in [1.54, 1.807) is 12.3 Å². The maximum absolute atomic E-state index is 9.86. The summed E-state index contributed by atoms with van der Waals surface area (Å²) in [5.74, 6) is 0. The van der Waals surface area contributed by atoms with Gasteiger partial charge in [-0.15, -0.1) is 0 Å². The van der Waals surface area contributed by atoms with Gasteiger partial charge in [0.2, 0.25) is 0 Å². The maximum Gasteiger partial charge on any atom is 0.417 e. The Labute approximate surface area is 91.6 Å². The van der Waals surface area contributed by atoms with Crippen LogP contribution in [-0.4, -0.2) is 13.1 Å². The summed E-state index contributed by atoms with van der Waals surface area (Å²) in [6, 6.07) is 5.55. The summed E-state index contributed by atoms with van der Waals surface area (Å²) in [6.45, 7) is 1.68. The van der Waals surface area contributed by atoms with E-state index in [-0.39, 0.29) is 0 Å². The van der Waals surface area contributed by atoms with Crippen LogP contribution in [0.3, 0.4) is 0 Å². The predicted molar refractivity (Wildman–Crippen MR) is 56.6 cm³/mol. The van der Waals surface area contributed by atoms with Gasteiger partial charge in [0.05, 0.1) is 17.9 Å². The molecular weight excluding hydrogens is 216 g/mol. The summed E-state index contributed by atoms with van der Waals surface area (Å²) in [4.78, 5) is 9.86. The molecule has 0 fully saturated rings. The standard InChI is InChI=1S/C11H8ClO3/c12-10-3-1-2-9-8(4-5-14-7-13)6-15-11(9)10/h1-3,6H,4-5H2. The highest BCUT2D eigenvalue weighted by atomic mass is 35.5. The molecular formula is C11H8ClO3. The third kappa shape index (κ3) is 1.97. The molecule has 2 aromatic rings. The van der Waals surface area contributed by atoms with Gasteiger partial charge >= 0.3 is 6.47 Å². The lowest BCUT2D eigenvalue weighted by Gasteiger charge is -1.96. The molecule has 0 atom stereocenters. The second-order valence-electron chi connectivity index (χ2n) is 3.06. The SMILES string of the molecule is O=[C]OCCc1coc2c(Cl)cccc12. The minimum absolute atomic E-state index is 0.296. The number of halogens is 1. The first-order valence-electron chi connectivity index (χ1n) is 4.46. The number of para-hydroxylation sites is 1. The number of benzene rings is 1. The molecule has 15 heavy (non-hydrogen) atoms. The third-order valence-electron chi connectivity index (χ3n) is 2.16. The zero-order chi connectivity index (χ0) is 10.7. The Morgan fingerprint density at radius 3 is 3.13 bits per heavy atom. The number of furan rings is 1. The smallest absolute Gasteiger partial charge is 0.417 e. The van der Waals surface area contributed by atoms with Gasteiger partial charge in [-0.05, 0) is 6.07 Å². The van der Waals surface area contributed by atoms with E-state index in [9.17, 15) is 4.79 Å². The Balaban J connectivity index is 2.28. The predicted octanol–water partition coefficient (Wildman–Crippen LogP) is 2.71. The summed E-state index contributed by atoms with van der Waals surface area (Å²) >= 11 is 5.94. The van der Waals surface area contributed by atoms with E-state index in [0.717, 1.165) is 10.9 Å². The van der Waals surface area contributed by atoms with E-state index in [1.807, 2.05) is 12.1 Å². The maximum atomic E-state index is 9.86. The quantitative estimate of drug-likeness (QED) is 0.749. The van der Waals surface area contributed by atoms with E-state index in [2.05, 4.69) is 4.74 Å². The summed E-state index contributed by atoms with van der Waals surface area (Å²) in [5, 5.41) is 1.54. The van der Waals surface area contributed by atoms with Gasteiger partial charge in [0.15, 0.2) is 5.58 Å². The van der Waals surface area contributed by atoms with Crippen LogP contribution in [0.25, 0.3) is 11.0 Å². The first-order chi connectivity index (χ1) is 7.33. The first-order valence-corrected chi connectivity index (χ1v) is 4.84. The van der Waals surface area contributed by atoms with Crippen LogP contribution in [0.4, 0.5) is 0 Å². The molecule has 4 heteroatoms. The van der Waals surface area contributed by atoms with Crippen LogP contribution in [-0.2, 0) is 16.0 Å². The fourth-order valence-electron chi connectivity index (χ4n) is 1.47. The minimum Gasteiger partial charge on any atom is -0.462 e. The number of hydrogen-bond acceptors (Lipinski definition) is 3. The van der Waals surface area contributed by atoms with Crippen molar-refractivity contribution in [2.24, 2.45) is 0 Å². The Hall–Kier alpha value is -1.48. The number of fused-ring (bicyclic) bond motifs is 1. The summed E-state index contributed by atoms with van der Waals surface area (Å²) in [6.07, 6.45) is 2.23. The second-order valence-corrected chi connectivity index (χ2v) is 3.47. The molecule has 0 aliphatic carbocycles. The molecule has 1 aromatic carbocycles. The topological polar surface area (TPSA) is 39.4 Å². The summed E-state index contributed by atoms with van der Waals surface area (Å²) < 4.78 is 9.83. The normalized spacial score (nSPS) is 10.5. The summed E-state index contributed by atoms with van der Waals surface area (Å²) in [7, 11) is 0. The van der Waals surface area contributed by atoms with E-state index in [0.29, 0.717) is 23.6 Å². The van der Waals surface area contributed by atoms with Gasteiger partial charge in [0, 0.05) is 17.4 Å². The van der Waals surface area contributed by atoms with E-state index >= 15 is 0 Å². The lowest BCUT2D eigenvalue weighted by atomic mass is 10.1. The average Bonchev–Trinajstić information content (AvgIpc) is 2.64. The molecule has 0 aliphatic rings. The molecule has 1 heterocycles. The van der Waals surface area contributed by atoms with Crippen molar-refractivity contribution in [1.29, 1.82) is 0 Å². The molecule has 0 amide bonds. The van der Waals surface area contributed by atoms with Gasteiger partial charge in [-0.3, -0.25) is 0 Å². The van der Waals surface area contributed by atoms with Crippen molar-refractivity contribution in [2.45, 2.75) is 6.42 Å². The van der Waals surface area contributed by atoms with Crippen LogP contribution in [0.1, 0.15) is 5.56 Å². The van der Waals surface area contributed by atoms with Crippen molar-refractivity contribution < 1.29 is 13.9 Å². The lowest BCUT2D eigenvalue weighted by Crippen LogP contribution is -1.95. The Morgan fingerprint density at radius 2 is 2.33 bits per heavy atom. The molecule has 0 bridgehead atoms. The lowest BCUT2D eigenvalue weighted by molar-refractivity contribution is 0.281. The molecule has 0 saturated heterocycles. The third-order valence-corrected chi connectivity index (χ3v) is 2.46. The highest BCUT2D eigenvalue weighted by Gasteiger charge is 2.08. The zero-order valence-electron chi connectivity index (χ0n) is 7.83. The van der Waals surface area contributed by atoms with Crippen LogP contribution >= 0.6 is 11.6 Å². The van der Waals surface area contributed by atoms with Crippen molar-refractivity contribution >= 4 is 29.0 Å². The molecule has 0 unspecified atom stereocenters. The number of carbonyl (C=O) groups excluding carboxylic acids is 1. The Kier molecular flexibility index (Phi) is 2.92. The van der Waals surface area contributed by atoms with Crippen molar-refractivity contribution in [3.05, 3.63) is 35.0 Å². The van der Waals surface area contributed by atoms with Crippen LogP contribution < -0.4 is 0 Å². The van der Waals surface area contributed by atoms with Gasteiger partial charge in [-0.1, -0.05) is 23.7 Å². The second kappa shape index (κ2) is 4.36. The Morgan fingerprint density at radius 1 is 1.47 bits per heavy atom. The number of hydrogen-bond donors (Lipinski definition) is 0. The average molecular weight is 224 g/mol. The van der Waals surface area contributed by atoms with Crippen molar-refractivity contribution in [1.82, 2.24) is 0 Å². The van der Waals surface area contributed by atoms with Crippen molar-refractivity contribution in [3.63, 3.8) is 0 Å². The molecule has 0 N–H and O–H groups in total. The Bertz CT molecular complexity index is 476. The van der Waals surface area contributed by atoms with Crippen molar-refractivity contribution in [2.75, 3.05) is 6.61 Å². The summed E-state index contributed by atoms with van der Waals surface area (Å²) in [5.41, 5.74) is 1.65. The number of rotatable bonds is 4. The van der Waals surface area contributed by atoms with E-state index < -0.39 is 0 Å². The molecule has 0 aliphatic heterocycles. The van der Waals surface area contributed by atoms with Gasteiger partial charge in [-0.2, -0.15) is 0 Å². The molecule has 2 rings (SSSR count). The minimum atomic E-state index is 0.296. The van der Waals surface area contributed by atoms with Crippen molar-refractivity contribution in [3.8, 4) is 0 Å². The molecule has 77 valence electrons. The van der Waals surface area contributed by atoms with E-state index in [4.69, 9.17) is 16.0 Å². The van der Waals surface area contributed by atoms with Crippen LogP contribution in [0.5, 0.6) is 0 Å². The van der Waals surface area contributed by atoms with E-state index in [1.165, 1.54) is 6.47 Å². The largest absolute Gasteiger partial charge is 0.462 e. The van der Waals surface area contributed by atoms with Crippen LogP contribution in [0, 0.1) is 0 Å².